The van der Waals surface area contributed by atoms with Crippen LogP contribution >= 0.6 is 0 Å². The molecule has 0 saturated heterocycles. The van der Waals surface area contributed by atoms with E-state index in [9.17, 15) is 0 Å². The summed E-state index contributed by atoms with van der Waals surface area (Å²) in [4.78, 5) is 4.23. The minimum absolute atomic E-state index is 0.0850. The van der Waals surface area contributed by atoms with E-state index in [0.717, 1.165) is 39.9 Å². The maximum Gasteiger partial charge on any atom is 0.361 e. The lowest BCUT2D eigenvalue weighted by Gasteiger charge is -2.26. The molecule has 0 aliphatic rings. The van der Waals surface area contributed by atoms with Crippen LogP contribution in [-0.2, 0) is 18.8 Å². The van der Waals surface area contributed by atoms with E-state index >= 15 is 0 Å². The van der Waals surface area contributed by atoms with E-state index < -0.39 is 0 Å². The molecule has 0 heterocycles. The maximum absolute atomic E-state index is 6.52. The summed E-state index contributed by atoms with van der Waals surface area (Å²) < 4.78 is 29.7. The minimum atomic E-state index is -0.225. The number of nitrogens with zero attached hydrogens (tertiary/aromatic N) is 2. The van der Waals surface area contributed by atoms with E-state index in [1.807, 2.05) is 74.8 Å². The van der Waals surface area contributed by atoms with Crippen LogP contribution in [-0.4, -0.2) is 98.1 Å². The molecule has 0 N–H and O–H groups in total. The number of hydrogen-bond acceptors (Lipinski definition) is 7. The van der Waals surface area contributed by atoms with Crippen LogP contribution in [0.25, 0.3) is 0 Å². The lowest BCUT2D eigenvalue weighted by atomic mass is 9.55. The second-order valence-corrected chi connectivity index (χ2v) is 11.2. The summed E-state index contributed by atoms with van der Waals surface area (Å²) in [6.07, 6.45) is 0. The average molecular weight is 594 g/mol. The molecule has 0 saturated carbocycles. The molecule has 4 rings (SSSR count). The van der Waals surface area contributed by atoms with Crippen LogP contribution in [0, 0.1) is 0 Å². The fourth-order valence-corrected chi connectivity index (χ4v) is 4.76. The molecule has 1 atom stereocenters. The third-order valence-corrected chi connectivity index (χ3v) is 7.33. The zero-order valence-corrected chi connectivity index (χ0v) is 26.6. The summed E-state index contributed by atoms with van der Waals surface area (Å²) in [5.74, 6) is 1.52. The first-order valence-electron chi connectivity index (χ1n) is 15.0. The van der Waals surface area contributed by atoms with E-state index in [0.29, 0.717) is 19.8 Å². The molecule has 7 nitrogen and oxygen atoms in total. The van der Waals surface area contributed by atoms with Crippen molar-refractivity contribution in [3.05, 3.63) is 109 Å². The van der Waals surface area contributed by atoms with Crippen molar-refractivity contribution in [3.63, 3.8) is 0 Å². The number of benzene rings is 4. The molecule has 0 aromatic heterocycles. The first kappa shape index (κ1) is 33.5. The first-order valence-corrected chi connectivity index (χ1v) is 15.0. The van der Waals surface area contributed by atoms with Gasteiger partial charge in [-0.1, -0.05) is 84.9 Å². The Kier molecular flexibility index (Phi) is 13.5. The molecule has 4 aromatic carbocycles. The molecular formula is C35H44B2N2O5. The van der Waals surface area contributed by atoms with Gasteiger partial charge >= 0.3 is 13.8 Å². The summed E-state index contributed by atoms with van der Waals surface area (Å²) in [7, 11) is 9.78. The van der Waals surface area contributed by atoms with Crippen LogP contribution in [0.3, 0.4) is 0 Å². The molecular weight excluding hydrogens is 550 g/mol. The number of likely N-dealkylation sites (N-methyl/N-ethyl adjacent to an activating group) is 2. The summed E-state index contributed by atoms with van der Waals surface area (Å²) in [6, 6.07) is 36.9. The lowest BCUT2D eigenvalue weighted by molar-refractivity contribution is -0.0519. The predicted molar refractivity (Wildman–Crippen MR) is 182 cm³/mol. The Bertz CT molecular complexity index is 1340. The van der Waals surface area contributed by atoms with E-state index in [2.05, 4.69) is 72.4 Å². The van der Waals surface area contributed by atoms with Gasteiger partial charge in [0.1, 0.15) is 18.3 Å². The highest BCUT2D eigenvalue weighted by Crippen LogP contribution is 2.20. The van der Waals surface area contributed by atoms with Crippen molar-refractivity contribution < 1.29 is 23.5 Å². The number of ether oxygens (including phenoxy) is 3. The van der Waals surface area contributed by atoms with Gasteiger partial charge in [0.05, 0.1) is 12.6 Å². The second kappa shape index (κ2) is 17.8. The molecule has 0 amide bonds. The van der Waals surface area contributed by atoms with Gasteiger partial charge in [0.2, 0.25) is 0 Å². The van der Waals surface area contributed by atoms with Crippen molar-refractivity contribution in [3.8, 4) is 11.5 Å². The molecule has 0 spiro atoms. The number of rotatable bonds is 18. The zero-order chi connectivity index (χ0) is 31.1. The van der Waals surface area contributed by atoms with Gasteiger partial charge in [-0.15, -0.1) is 0 Å². The van der Waals surface area contributed by atoms with Gasteiger partial charge in [-0.2, -0.15) is 0 Å². The molecule has 0 aliphatic carbocycles. The monoisotopic (exact) mass is 594 g/mol. The van der Waals surface area contributed by atoms with E-state index in [1.165, 1.54) is 0 Å². The highest BCUT2D eigenvalue weighted by Gasteiger charge is 2.24. The van der Waals surface area contributed by atoms with Crippen LogP contribution in [0.5, 0.6) is 11.5 Å². The van der Waals surface area contributed by atoms with Crippen molar-refractivity contribution >= 4 is 35.7 Å². The van der Waals surface area contributed by atoms with Gasteiger partial charge < -0.3 is 33.3 Å². The molecule has 0 bridgehead atoms. The van der Waals surface area contributed by atoms with Crippen molar-refractivity contribution in [1.29, 1.82) is 0 Å². The lowest BCUT2D eigenvalue weighted by Crippen LogP contribution is -2.48. The van der Waals surface area contributed by atoms with E-state index in [1.54, 1.807) is 7.11 Å². The maximum atomic E-state index is 6.52. The van der Waals surface area contributed by atoms with Crippen LogP contribution in [0.1, 0.15) is 0 Å². The quantitative estimate of drug-likeness (QED) is 0.0999. The molecule has 1 unspecified atom stereocenters. The van der Waals surface area contributed by atoms with Crippen molar-refractivity contribution in [2.45, 2.75) is 6.04 Å². The minimum Gasteiger partial charge on any atom is -0.457 e. The Morgan fingerprint density at radius 3 is 1.52 bits per heavy atom. The third kappa shape index (κ3) is 10.3. The second-order valence-electron chi connectivity index (χ2n) is 11.2. The molecule has 9 heteroatoms. The Labute approximate surface area is 263 Å². The predicted octanol–water partition coefficient (Wildman–Crippen LogP) is 2.84. The molecule has 0 aliphatic heterocycles. The van der Waals surface area contributed by atoms with Crippen LogP contribution in [0.2, 0.25) is 0 Å². The Balaban J connectivity index is 1.44. The number of hydrogen-bond donors (Lipinski definition) is 0. The van der Waals surface area contributed by atoms with Gasteiger partial charge in [0, 0.05) is 26.9 Å². The van der Waals surface area contributed by atoms with Gasteiger partial charge in [-0.05, 0) is 74.3 Å². The summed E-state index contributed by atoms with van der Waals surface area (Å²) in [6.45, 7) is 2.41. The molecule has 0 fully saturated rings. The Morgan fingerprint density at radius 2 is 1.07 bits per heavy atom. The summed E-state index contributed by atoms with van der Waals surface area (Å²) in [5, 5.41) is 0. The fourth-order valence-electron chi connectivity index (χ4n) is 4.76. The SMILES string of the molecule is COCOCC(COB(c1ccccc1)c1ccc(Oc2ccc(B(OCCN(C)C)c3ccccc3)cc2)cc1)N(C)C. The third-order valence-electron chi connectivity index (χ3n) is 7.33. The van der Waals surface area contributed by atoms with Crippen LogP contribution in [0.15, 0.2) is 109 Å². The van der Waals surface area contributed by atoms with E-state index in [4.69, 9.17) is 23.5 Å². The van der Waals surface area contributed by atoms with Gasteiger partial charge in [-0.3, -0.25) is 0 Å². The average Bonchev–Trinajstić information content (AvgIpc) is 3.04. The molecule has 44 heavy (non-hydrogen) atoms. The van der Waals surface area contributed by atoms with Crippen LogP contribution < -0.4 is 26.6 Å². The van der Waals surface area contributed by atoms with Gasteiger partial charge in [0.25, 0.3) is 0 Å². The first-order chi connectivity index (χ1) is 21.4. The number of methoxy groups -OCH3 is 1. The summed E-state index contributed by atoms with van der Waals surface area (Å²) >= 11 is 0. The molecule has 4 aromatic rings. The Morgan fingerprint density at radius 1 is 0.591 bits per heavy atom. The fraction of sp³-hybridized carbons (Fsp3) is 0.314. The summed E-state index contributed by atoms with van der Waals surface area (Å²) in [5.41, 5.74) is 4.36. The van der Waals surface area contributed by atoms with Gasteiger partial charge in [-0.25, -0.2) is 0 Å². The van der Waals surface area contributed by atoms with Crippen molar-refractivity contribution in [2.24, 2.45) is 0 Å². The van der Waals surface area contributed by atoms with Crippen molar-refractivity contribution in [1.82, 2.24) is 9.80 Å². The standard InChI is InChI=1S/C35H44B2N2O5/c1-38(2)24-25-42-36(29-12-8-6-9-13-29)31-16-20-34(21-17-31)44-35-22-18-32(19-23-35)37(30-14-10-7-11-15-30)43-27-33(39(3)4)26-41-28-40-5/h6-23,33H,24-28H2,1-5H3. The smallest absolute Gasteiger partial charge is 0.361 e. The molecule has 230 valence electrons. The zero-order valence-electron chi connectivity index (χ0n) is 26.6. The largest absolute Gasteiger partial charge is 0.457 e. The molecule has 0 radical (unpaired) electrons. The van der Waals surface area contributed by atoms with Crippen molar-refractivity contribution in [2.75, 3.05) is 68.5 Å². The highest BCUT2D eigenvalue weighted by molar-refractivity contribution is 6.80. The Hall–Kier alpha value is -3.43. The topological polar surface area (TPSA) is 52.6 Å². The normalized spacial score (nSPS) is 12.0. The highest BCUT2D eigenvalue weighted by atomic mass is 16.7. The van der Waals surface area contributed by atoms with Gasteiger partial charge in [0.15, 0.2) is 0 Å². The van der Waals surface area contributed by atoms with E-state index in [-0.39, 0.29) is 26.7 Å². The van der Waals surface area contributed by atoms with Crippen LogP contribution in [0.4, 0.5) is 0 Å².